The number of methoxy groups -OCH3 is 1. The summed E-state index contributed by atoms with van der Waals surface area (Å²) < 4.78 is 6.86. The van der Waals surface area contributed by atoms with Crippen molar-refractivity contribution in [2.45, 2.75) is 6.92 Å². The predicted molar refractivity (Wildman–Crippen MR) is 82.4 cm³/mol. The van der Waals surface area contributed by atoms with Gasteiger partial charge in [-0.3, -0.25) is 4.40 Å². The third-order valence-corrected chi connectivity index (χ3v) is 3.55. The molecule has 3 rings (SSSR count). The number of pyridine rings is 1. The highest BCUT2D eigenvalue weighted by atomic mass is 35.5. The summed E-state index contributed by atoms with van der Waals surface area (Å²) in [6.45, 7) is 1.93. The van der Waals surface area contributed by atoms with Crippen molar-refractivity contribution in [3.63, 3.8) is 0 Å². The van der Waals surface area contributed by atoms with E-state index in [2.05, 4.69) is 10.2 Å². The van der Waals surface area contributed by atoms with E-state index in [1.165, 1.54) is 0 Å². The van der Waals surface area contributed by atoms with Gasteiger partial charge in [0.1, 0.15) is 17.1 Å². The van der Waals surface area contributed by atoms with Crippen LogP contribution in [0.2, 0.25) is 5.02 Å². The smallest absolute Gasteiger partial charge is 0.209 e. The number of aryl methyl sites for hydroxylation is 1. The van der Waals surface area contributed by atoms with Gasteiger partial charge >= 0.3 is 0 Å². The summed E-state index contributed by atoms with van der Waals surface area (Å²) in [6, 6.07) is 8.99. The van der Waals surface area contributed by atoms with Gasteiger partial charge in [0.2, 0.25) is 5.82 Å². The van der Waals surface area contributed by atoms with Gasteiger partial charge in [-0.1, -0.05) is 11.6 Å². The van der Waals surface area contributed by atoms with Crippen LogP contribution in [0.25, 0.3) is 16.9 Å². The van der Waals surface area contributed by atoms with E-state index in [1.54, 1.807) is 29.8 Å². The molecule has 0 saturated heterocycles. The number of ether oxygens (including phenoxy) is 1. The number of halogens is 1. The predicted octanol–water partition coefficient (Wildman–Crippen LogP) is 4.37. The lowest BCUT2D eigenvalue weighted by Crippen LogP contribution is -1.88. The summed E-state index contributed by atoms with van der Waals surface area (Å²) in [5, 5.41) is 3.67. The highest BCUT2D eigenvalue weighted by Gasteiger charge is 2.15. The van der Waals surface area contributed by atoms with Gasteiger partial charge in [-0.15, -0.1) is 4.91 Å². The Hall–Kier alpha value is -2.40. The van der Waals surface area contributed by atoms with E-state index in [1.807, 2.05) is 25.1 Å². The second kappa shape index (κ2) is 5.18. The molecule has 5 nitrogen and oxygen atoms in total. The van der Waals surface area contributed by atoms with Crippen LogP contribution in [0.3, 0.4) is 0 Å². The fourth-order valence-electron chi connectivity index (χ4n) is 2.31. The molecule has 0 aliphatic heterocycles. The maximum absolute atomic E-state index is 11.2. The molecule has 0 fully saturated rings. The van der Waals surface area contributed by atoms with Crippen LogP contribution in [0.5, 0.6) is 5.75 Å². The van der Waals surface area contributed by atoms with Crippen LogP contribution >= 0.6 is 11.6 Å². The summed E-state index contributed by atoms with van der Waals surface area (Å²) in [4.78, 5) is 15.7. The molecule has 2 aromatic heterocycles. The zero-order chi connectivity index (χ0) is 15.0. The van der Waals surface area contributed by atoms with Crippen molar-refractivity contribution in [1.82, 2.24) is 9.38 Å². The number of rotatable bonds is 3. The van der Waals surface area contributed by atoms with Gasteiger partial charge in [0.15, 0.2) is 0 Å². The number of hydrogen-bond acceptors (Lipinski definition) is 4. The lowest BCUT2D eigenvalue weighted by atomic mass is 10.1. The number of fused-ring (bicyclic) bond motifs is 1. The number of nitrogens with zero attached hydrogens (tertiary/aromatic N) is 3. The van der Waals surface area contributed by atoms with E-state index in [9.17, 15) is 4.91 Å². The molecule has 2 heterocycles. The average Bonchev–Trinajstić information content (AvgIpc) is 2.84. The number of aromatic nitrogens is 2. The monoisotopic (exact) mass is 301 g/mol. The first-order valence-corrected chi connectivity index (χ1v) is 6.68. The van der Waals surface area contributed by atoms with E-state index in [0.717, 1.165) is 16.9 Å². The first-order valence-electron chi connectivity index (χ1n) is 6.30. The standard InChI is InChI=1S/C15H12ClN3O2/c1-9-7-10(3-4-12(9)21-2)14-15(18-20)19-6-5-11(16)8-13(19)17-14/h3-8H,1-2H3. The van der Waals surface area contributed by atoms with E-state index >= 15 is 0 Å². The number of nitroso groups, excluding NO2 is 1. The van der Waals surface area contributed by atoms with E-state index in [4.69, 9.17) is 16.3 Å². The highest BCUT2D eigenvalue weighted by molar-refractivity contribution is 6.30. The van der Waals surface area contributed by atoms with Crippen LogP contribution in [-0.2, 0) is 0 Å². The zero-order valence-corrected chi connectivity index (χ0v) is 12.3. The van der Waals surface area contributed by atoms with Crippen molar-refractivity contribution in [3.8, 4) is 17.0 Å². The molecular weight excluding hydrogens is 290 g/mol. The maximum atomic E-state index is 11.2. The topological polar surface area (TPSA) is 56.0 Å². The Morgan fingerprint density at radius 1 is 1.29 bits per heavy atom. The molecule has 0 spiro atoms. The zero-order valence-electron chi connectivity index (χ0n) is 11.5. The largest absolute Gasteiger partial charge is 0.496 e. The first kappa shape index (κ1) is 13.6. The molecule has 0 atom stereocenters. The maximum Gasteiger partial charge on any atom is 0.209 e. The van der Waals surface area contributed by atoms with Crippen LogP contribution in [0.1, 0.15) is 5.56 Å². The Morgan fingerprint density at radius 2 is 2.10 bits per heavy atom. The quantitative estimate of drug-likeness (QED) is 0.675. The van der Waals surface area contributed by atoms with Crippen molar-refractivity contribution in [3.05, 3.63) is 52.0 Å². The summed E-state index contributed by atoms with van der Waals surface area (Å²) in [7, 11) is 1.62. The molecular formula is C15H12ClN3O2. The first-order chi connectivity index (χ1) is 10.1. The minimum Gasteiger partial charge on any atom is -0.496 e. The summed E-state index contributed by atoms with van der Waals surface area (Å²) in [5.41, 5.74) is 2.88. The molecule has 0 amide bonds. The lowest BCUT2D eigenvalue weighted by molar-refractivity contribution is 0.412. The van der Waals surface area contributed by atoms with E-state index < -0.39 is 0 Å². The highest BCUT2D eigenvalue weighted by Crippen LogP contribution is 2.33. The van der Waals surface area contributed by atoms with Gasteiger partial charge in [-0.05, 0) is 41.9 Å². The van der Waals surface area contributed by atoms with Crippen molar-refractivity contribution in [2.24, 2.45) is 5.18 Å². The molecule has 0 saturated carbocycles. The van der Waals surface area contributed by atoms with Crippen LogP contribution < -0.4 is 4.74 Å². The minimum atomic E-state index is 0.256. The second-order valence-corrected chi connectivity index (χ2v) is 5.07. The van der Waals surface area contributed by atoms with Gasteiger partial charge < -0.3 is 4.74 Å². The van der Waals surface area contributed by atoms with Gasteiger partial charge in [-0.25, -0.2) is 4.98 Å². The minimum absolute atomic E-state index is 0.256. The normalized spacial score (nSPS) is 10.8. The Labute approximate surface area is 126 Å². The SMILES string of the molecule is COc1ccc(-c2nc3cc(Cl)ccn3c2N=O)cc1C. The average molecular weight is 302 g/mol. The fraction of sp³-hybridized carbons (Fsp3) is 0.133. The summed E-state index contributed by atoms with van der Waals surface area (Å²) in [6.07, 6.45) is 1.68. The van der Waals surface area contributed by atoms with Crippen molar-refractivity contribution < 1.29 is 4.74 Å². The summed E-state index contributed by atoms with van der Waals surface area (Å²) in [5.74, 6) is 1.04. The van der Waals surface area contributed by atoms with Crippen LogP contribution in [0, 0.1) is 11.8 Å². The van der Waals surface area contributed by atoms with Crippen molar-refractivity contribution in [1.29, 1.82) is 0 Å². The molecule has 3 aromatic rings. The van der Waals surface area contributed by atoms with Crippen LogP contribution in [0.4, 0.5) is 5.82 Å². The van der Waals surface area contributed by atoms with Gasteiger partial charge in [0.25, 0.3) is 0 Å². The van der Waals surface area contributed by atoms with Gasteiger partial charge in [0.05, 0.1) is 7.11 Å². The van der Waals surface area contributed by atoms with E-state index in [0.29, 0.717) is 16.4 Å². The third-order valence-electron chi connectivity index (χ3n) is 3.32. The molecule has 0 N–H and O–H groups in total. The molecule has 1 aromatic carbocycles. The molecule has 0 unspecified atom stereocenters. The number of benzene rings is 1. The molecule has 21 heavy (non-hydrogen) atoms. The Kier molecular flexibility index (Phi) is 3.35. The van der Waals surface area contributed by atoms with Crippen molar-refractivity contribution in [2.75, 3.05) is 7.11 Å². The number of hydrogen-bond donors (Lipinski definition) is 0. The molecule has 0 radical (unpaired) electrons. The summed E-state index contributed by atoms with van der Waals surface area (Å²) >= 11 is 5.96. The lowest BCUT2D eigenvalue weighted by Gasteiger charge is -2.05. The Balaban J connectivity index is 2.24. The second-order valence-electron chi connectivity index (χ2n) is 4.63. The van der Waals surface area contributed by atoms with Crippen LogP contribution in [-0.4, -0.2) is 16.5 Å². The van der Waals surface area contributed by atoms with Gasteiger partial charge in [0, 0.05) is 22.8 Å². The van der Waals surface area contributed by atoms with Crippen molar-refractivity contribution >= 4 is 23.1 Å². The molecule has 0 aliphatic rings. The van der Waals surface area contributed by atoms with Crippen LogP contribution in [0.15, 0.2) is 41.7 Å². The molecule has 0 bridgehead atoms. The third kappa shape index (κ3) is 2.25. The van der Waals surface area contributed by atoms with E-state index in [-0.39, 0.29) is 5.82 Å². The fourth-order valence-corrected chi connectivity index (χ4v) is 2.47. The Bertz CT molecular complexity index is 842. The Morgan fingerprint density at radius 3 is 2.76 bits per heavy atom. The molecule has 6 heteroatoms. The van der Waals surface area contributed by atoms with Gasteiger partial charge in [-0.2, -0.15) is 0 Å². The molecule has 0 aliphatic carbocycles. The molecule has 106 valence electrons. The number of imidazole rings is 1.